The molecule has 2 saturated heterocycles. The number of halogens is 1. The molecular formula is C25H31ClN8O. The zero-order valence-corrected chi connectivity index (χ0v) is 20.9. The molecule has 184 valence electrons. The lowest BCUT2D eigenvalue weighted by Crippen LogP contribution is -2.45. The maximum absolute atomic E-state index is 12.9. The number of aromatic amines is 1. The van der Waals surface area contributed by atoms with Crippen LogP contribution >= 0.6 is 11.6 Å². The molecule has 0 saturated carbocycles. The monoisotopic (exact) mass is 494 g/mol. The van der Waals surface area contributed by atoms with Crippen molar-refractivity contribution in [2.75, 3.05) is 56.5 Å². The van der Waals surface area contributed by atoms with Gasteiger partial charge in [-0.05, 0) is 44.5 Å². The van der Waals surface area contributed by atoms with E-state index in [1.54, 1.807) is 12.1 Å². The maximum atomic E-state index is 12.9. The normalized spacial score (nSPS) is 18.8. The van der Waals surface area contributed by atoms with Gasteiger partial charge < -0.3 is 20.0 Å². The van der Waals surface area contributed by atoms with Gasteiger partial charge in [-0.2, -0.15) is 5.10 Å². The zero-order valence-electron chi connectivity index (χ0n) is 20.2. The minimum atomic E-state index is 0.0263. The number of hydrogen-bond acceptors (Lipinski definition) is 7. The molecular weight excluding hydrogens is 464 g/mol. The van der Waals surface area contributed by atoms with Gasteiger partial charge in [-0.3, -0.25) is 9.89 Å². The standard InChI is InChI=1S/C25H31ClN8O/c1-17-12-23(31-30-17)28-22-15-24(33-10-8-32(2)9-11-33)29-21(27-22)13-18-6-7-34(16-18)25(35)19-4-3-5-20(26)14-19/h3-5,12,14-15,18H,6-11,13,16H2,1-2H3,(H2,27,28,29,30,31)/t18-/m0/s1. The summed E-state index contributed by atoms with van der Waals surface area (Å²) >= 11 is 6.09. The predicted octanol–water partition coefficient (Wildman–Crippen LogP) is 3.36. The Kier molecular flexibility index (Phi) is 6.88. The van der Waals surface area contributed by atoms with E-state index in [1.807, 2.05) is 36.1 Å². The summed E-state index contributed by atoms with van der Waals surface area (Å²) in [6, 6.07) is 11.1. The van der Waals surface area contributed by atoms with E-state index in [9.17, 15) is 4.79 Å². The third kappa shape index (κ3) is 5.74. The lowest BCUT2D eigenvalue weighted by molar-refractivity contribution is 0.0787. The summed E-state index contributed by atoms with van der Waals surface area (Å²) in [4.78, 5) is 29.3. The maximum Gasteiger partial charge on any atom is 0.253 e. The van der Waals surface area contributed by atoms with Gasteiger partial charge >= 0.3 is 0 Å². The van der Waals surface area contributed by atoms with Crippen LogP contribution in [0, 0.1) is 12.8 Å². The Morgan fingerprint density at radius 3 is 2.69 bits per heavy atom. The topological polar surface area (TPSA) is 93.3 Å². The fraction of sp³-hybridized carbons (Fsp3) is 0.440. The van der Waals surface area contributed by atoms with Crippen molar-refractivity contribution in [1.29, 1.82) is 0 Å². The van der Waals surface area contributed by atoms with Crippen molar-refractivity contribution in [2.24, 2.45) is 5.92 Å². The molecule has 2 aliphatic heterocycles. The van der Waals surface area contributed by atoms with Crippen molar-refractivity contribution in [3.63, 3.8) is 0 Å². The highest BCUT2D eigenvalue weighted by Crippen LogP contribution is 2.26. The van der Waals surface area contributed by atoms with E-state index in [-0.39, 0.29) is 5.91 Å². The van der Waals surface area contributed by atoms with Crippen molar-refractivity contribution in [2.45, 2.75) is 19.8 Å². The summed E-state index contributed by atoms with van der Waals surface area (Å²) in [5.41, 5.74) is 1.61. The van der Waals surface area contributed by atoms with Crippen LogP contribution < -0.4 is 10.2 Å². The first kappa shape index (κ1) is 23.6. The average Bonchev–Trinajstić information content (AvgIpc) is 3.47. The smallest absolute Gasteiger partial charge is 0.253 e. The largest absolute Gasteiger partial charge is 0.354 e. The Bertz CT molecular complexity index is 1190. The summed E-state index contributed by atoms with van der Waals surface area (Å²) < 4.78 is 0. The molecule has 2 N–H and O–H groups in total. The molecule has 0 aliphatic carbocycles. The number of aryl methyl sites for hydroxylation is 1. The number of aromatic nitrogens is 4. The number of hydrogen-bond donors (Lipinski definition) is 2. The van der Waals surface area contributed by atoms with Crippen LogP contribution in [0.5, 0.6) is 0 Å². The fourth-order valence-corrected chi connectivity index (χ4v) is 4.89. The van der Waals surface area contributed by atoms with Crippen molar-refractivity contribution in [3.8, 4) is 0 Å². The van der Waals surface area contributed by atoms with E-state index in [0.29, 0.717) is 23.0 Å². The molecule has 1 aromatic carbocycles. The molecule has 4 heterocycles. The van der Waals surface area contributed by atoms with Crippen molar-refractivity contribution in [3.05, 3.63) is 58.5 Å². The van der Waals surface area contributed by atoms with Gasteiger partial charge in [0.1, 0.15) is 17.5 Å². The summed E-state index contributed by atoms with van der Waals surface area (Å²) in [6.07, 6.45) is 1.64. The van der Waals surface area contributed by atoms with Crippen LogP contribution in [-0.4, -0.2) is 82.2 Å². The third-order valence-electron chi connectivity index (χ3n) is 6.66. The highest BCUT2D eigenvalue weighted by Gasteiger charge is 2.28. The minimum Gasteiger partial charge on any atom is -0.354 e. The number of benzene rings is 1. The fourth-order valence-electron chi connectivity index (χ4n) is 4.70. The van der Waals surface area contributed by atoms with Gasteiger partial charge in [0.15, 0.2) is 5.82 Å². The van der Waals surface area contributed by atoms with Gasteiger partial charge in [0.25, 0.3) is 5.91 Å². The van der Waals surface area contributed by atoms with Crippen LogP contribution in [0.25, 0.3) is 0 Å². The highest BCUT2D eigenvalue weighted by molar-refractivity contribution is 6.30. The Labute approximate surface area is 210 Å². The molecule has 1 amide bonds. The number of carbonyl (C=O) groups excluding carboxylic acids is 1. The second kappa shape index (κ2) is 10.2. The van der Waals surface area contributed by atoms with E-state index < -0.39 is 0 Å². The van der Waals surface area contributed by atoms with Gasteiger partial charge in [0.2, 0.25) is 0 Å². The summed E-state index contributed by atoms with van der Waals surface area (Å²) in [5.74, 6) is 3.52. The second-order valence-corrected chi connectivity index (χ2v) is 9.94. The summed E-state index contributed by atoms with van der Waals surface area (Å²) in [6.45, 7) is 7.25. The number of likely N-dealkylation sites (N-methyl/N-ethyl adjacent to an activating group) is 1. The van der Waals surface area contributed by atoms with Crippen molar-refractivity contribution in [1.82, 2.24) is 30.0 Å². The first-order valence-electron chi connectivity index (χ1n) is 12.1. The van der Waals surface area contributed by atoms with E-state index in [2.05, 4.69) is 32.4 Å². The van der Waals surface area contributed by atoms with E-state index in [0.717, 1.165) is 74.5 Å². The predicted molar refractivity (Wildman–Crippen MR) is 138 cm³/mol. The van der Waals surface area contributed by atoms with Crippen LogP contribution in [-0.2, 0) is 6.42 Å². The van der Waals surface area contributed by atoms with Gasteiger partial charge in [0.05, 0.1) is 0 Å². The number of piperazine rings is 1. The molecule has 10 heteroatoms. The molecule has 5 rings (SSSR count). The molecule has 9 nitrogen and oxygen atoms in total. The van der Waals surface area contributed by atoms with Crippen LogP contribution in [0.2, 0.25) is 5.02 Å². The van der Waals surface area contributed by atoms with E-state index in [1.165, 1.54) is 0 Å². The van der Waals surface area contributed by atoms with Gasteiger partial charge in [-0.25, -0.2) is 9.97 Å². The molecule has 3 aromatic rings. The first-order chi connectivity index (χ1) is 16.9. The molecule has 0 spiro atoms. The number of amides is 1. The number of nitrogens with zero attached hydrogens (tertiary/aromatic N) is 6. The van der Waals surface area contributed by atoms with E-state index in [4.69, 9.17) is 21.6 Å². The van der Waals surface area contributed by atoms with Gasteiger partial charge in [-0.1, -0.05) is 17.7 Å². The highest BCUT2D eigenvalue weighted by atomic mass is 35.5. The average molecular weight is 495 g/mol. The number of carbonyl (C=O) groups is 1. The molecule has 1 atom stereocenters. The summed E-state index contributed by atoms with van der Waals surface area (Å²) in [5, 5.41) is 11.2. The zero-order chi connectivity index (χ0) is 24.4. The van der Waals surface area contributed by atoms with Gasteiger partial charge in [-0.15, -0.1) is 0 Å². The second-order valence-electron chi connectivity index (χ2n) is 9.50. The Morgan fingerprint density at radius 2 is 1.94 bits per heavy atom. The molecule has 35 heavy (non-hydrogen) atoms. The van der Waals surface area contributed by atoms with Gasteiger partial charge in [0, 0.05) is 74.1 Å². The van der Waals surface area contributed by atoms with Crippen LogP contribution in [0.1, 0.15) is 28.3 Å². The van der Waals surface area contributed by atoms with E-state index >= 15 is 0 Å². The molecule has 2 fully saturated rings. The Balaban J connectivity index is 1.32. The van der Waals surface area contributed by atoms with Crippen molar-refractivity contribution >= 4 is 35.0 Å². The molecule has 0 bridgehead atoms. The van der Waals surface area contributed by atoms with Crippen LogP contribution in [0.3, 0.4) is 0 Å². The first-order valence-corrected chi connectivity index (χ1v) is 12.5. The Hall–Kier alpha value is -3.17. The number of anilines is 3. The summed E-state index contributed by atoms with van der Waals surface area (Å²) in [7, 11) is 2.15. The Morgan fingerprint density at radius 1 is 1.11 bits per heavy atom. The molecule has 0 unspecified atom stereocenters. The molecule has 0 radical (unpaired) electrons. The molecule has 2 aliphatic rings. The van der Waals surface area contributed by atoms with Crippen LogP contribution in [0.15, 0.2) is 36.4 Å². The SMILES string of the molecule is Cc1cc(Nc2cc(N3CCN(C)CC3)nc(C[C@@H]3CCN(C(=O)c4cccc(Cl)c4)C3)n2)n[nH]1. The minimum absolute atomic E-state index is 0.0263. The number of likely N-dealkylation sites (tertiary alicyclic amines) is 1. The number of nitrogens with one attached hydrogen (secondary N) is 2. The van der Waals surface area contributed by atoms with Crippen LogP contribution in [0.4, 0.5) is 17.5 Å². The lowest BCUT2D eigenvalue weighted by atomic mass is 10.0. The van der Waals surface area contributed by atoms with Crippen molar-refractivity contribution < 1.29 is 4.79 Å². The lowest BCUT2D eigenvalue weighted by Gasteiger charge is -2.33. The quantitative estimate of drug-likeness (QED) is 0.542. The number of H-pyrrole nitrogens is 1. The molecule has 2 aromatic heterocycles. The number of rotatable bonds is 6. The third-order valence-corrected chi connectivity index (χ3v) is 6.90.